The molecule has 19 heavy (non-hydrogen) atoms. The highest BCUT2D eigenvalue weighted by Crippen LogP contribution is 2.36. The number of piperidine rings is 1. The molecule has 1 aromatic heterocycles. The lowest BCUT2D eigenvalue weighted by molar-refractivity contribution is 0.375. The lowest BCUT2D eigenvalue weighted by atomic mass is 9.99. The second-order valence-electron chi connectivity index (χ2n) is 5.55. The number of pyridine rings is 1. The second kappa shape index (κ2) is 5.98. The summed E-state index contributed by atoms with van der Waals surface area (Å²) >= 11 is 9.79. The molecule has 2 fully saturated rings. The number of rotatable bonds is 4. The van der Waals surface area contributed by atoms with E-state index in [1.54, 1.807) is 0 Å². The van der Waals surface area contributed by atoms with Gasteiger partial charge in [-0.15, -0.1) is 0 Å². The highest BCUT2D eigenvalue weighted by Gasteiger charge is 2.33. The Morgan fingerprint density at radius 2 is 2.26 bits per heavy atom. The van der Waals surface area contributed by atoms with Crippen LogP contribution in [0.2, 0.25) is 5.02 Å². The molecule has 1 aliphatic carbocycles. The third-order valence-electron chi connectivity index (χ3n) is 3.90. The molecule has 0 aromatic carbocycles. The van der Waals surface area contributed by atoms with E-state index in [0.29, 0.717) is 6.04 Å². The first-order valence-corrected chi connectivity index (χ1v) is 8.19. The van der Waals surface area contributed by atoms with E-state index in [0.717, 1.165) is 40.9 Å². The Morgan fingerprint density at radius 1 is 1.42 bits per heavy atom. The molecular formula is C14H19BrClN3. The van der Waals surface area contributed by atoms with Gasteiger partial charge in [0.25, 0.3) is 0 Å². The van der Waals surface area contributed by atoms with Crippen LogP contribution >= 0.6 is 27.5 Å². The topological polar surface area (TPSA) is 28.2 Å². The van der Waals surface area contributed by atoms with E-state index in [1.807, 2.05) is 12.3 Å². The Kier molecular flexibility index (Phi) is 4.30. The van der Waals surface area contributed by atoms with Crippen molar-refractivity contribution in [1.82, 2.24) is 10.3 Å². The maximum atomic E-state index is 6.36. The average Bonchev–Trinajstić information content (AvgIpc) is 3.22. The molecule has 3 rings (SSSR count). The van der Waals surface area contributed by atoms with Crippen molar-refractivity contribution in [2.45, 2.75) is 31.7 Å². The summed E-state index contributed by atoms with van der Waals surface area (Å²) in [7, 11) is 0. The molecule has 0 amide bonds. The molecule has 3 nitrogen and oxygen atoms in total. The number of nitrogens with zero attached hydrogens (tertiary/aromatic N) is 2. The van der Waals surface area contributed by atoms with Crippen molar-refractivity contribution in [2.75, 3.05) is 24.5 Å². The van der Waals surface area contributed by atoms with Gasteiger partial charge in [-0.1, -0.05) is 11.6 Å². The normalized spacial score (nSPS) is 23.4. The molecule has 0 spiro atoms. The smallest absolute Gasteiger partial charge is 0.147 e. The van der Waals surface area contributed by atoms with Gasteiger partial charge in [-0.25, -0.2) is 4.98 Å². The van der Waals surface area contributed by atoms with Crippen LogP contribution in [0.4, 0.5) is 5.82 Å². The van der Waals surface area contributed by atoms with Crippen LogP contribution in [0.3, 0.4) is 0 Å². The Hall–Kier alpha value is -0.320. The summed E-state index contributed by atoms with van der Waals surface area (Å²) in [5.41, 5.74) is 0. The number of hydrogen-bond acceptors (Lipinski definition) is 3. The van der Waals surface area contributed by atoms with Crippen LogP contribution in [0.15, 0.2) is 16.7 Å². The SMILES string of the molecule is Clc1cc(Br)cnc1N(CC1CCCNC1)C1CC1. The van der Waals surface area contributed by atoms with Crippen LogP contribution in [0.25, 0.3) is 0 Å². The van der Waals surface area contributed by atoms with E-state index in [-0.39, 0.29) is 0 Å². The predicted molar refractivity (Wildman–Crippen MR) is 82.9 cm³/mol. The second-order valence-corrected chi connectivity index (χ2v) is 6.88. The van der Waals surface area contributed by atoms with Crippen molar-refractivity contribution >= 4 is 33.3 Å². The van der Waals surface area contributed by atoms with Crippen LogP contribution in [0.5, 0.6) is 0 Å². The first-order valence-electron chi connectivity index (χ1n) is 7.02. The molecule has 0 radical (unpaired) electrons. The fraction of sp³-hybridized carbons (Fsp3) is 0.643. The fourth-order valence-corrected chi connectivity index (χ4v) is 3.51. The van der Waals surface area contributed by atoms with Crippen LogP contribution in [0.1, 0.15) is 25.7 Å². The predicted octanol–water partition coefficient (Wildman–Crippen LogP) is 3.47. The van der Waals surface area contributed by atoms with E-state index in [2.05, 4.69) is 31.1 Å². The van der Waals surface area contributed by atoms with Gasteiger partial charge < -0.3 is 10.2 Å². The lowest BCUT2D eigenvalue weighted by Crippen LogP contribution is -2.39. The van der Waals surface area contributed by atoms with Gasteiger partial charge in [0, 0.05) is 23.3 Å². The largest absolute Gasteiger partial charge is 0.352 e. The summed E-state index contributed by atoms with van der Waals surface area (Å²) in [6.45, 7) is 3.36. The van der Waals surface area contributed by atoms with Crippen LogP contribution in [-0.4, -0.2) is 30.7 Å². The minimum absolute atomic E-state index is 0.646. The molecule has 1 saturated heterocycles. The Labute approximate surface area is 127 Å². The summed E-state index contributed by atoms with van der Waals surface area (Å²) < 4.78 is 0.941. The first kappa shape index (κ1) is 13.7. The zero-order chi connectivity index (χ0) is 13.2. The molecule has 1 N–H and O–H groups in total. The minimum atomic E-state index is 0.646. The first-order chi connectivity index (χ1) is 9.24. The molecule has 1 unspecified atom stereocenters. The number of hydrogen-bond donors (Lipinski definition) is 1. The third kappa shape index (κ3) is 3.41. The Balaban J connectivity index is 1.76. The summed E-state index contributed by atoms with van der Waals surface area (Å²) in [5, 5.41) is 4.24. The quantitative estimate of drug-likeness (QED) is 0.906. The van der Waals surface area contributed by atoms with E-state index in [9.17, 15) is 0 Å². The van der Waals surface area contributed by atoms with Crippen molar-refractivity contribution in [2.24, 2.45) is 5.92 Å². The third-order valence-corrected chi connectivity index (χ3v) is 4.61. The van der Waals surface area contributed by atoms with Gasteiger partial charge in [0.2, 0.25) is 0 Å². The van der Waals surface area contributed by atoms with Crippen LogP contribution < -0.4 is 10.2 Å². The van der Waals surface area contributed by atoms with Crippen LogP contribution in [-0.2, 0) is 0 Å². The highest BCUT2D eigenvalue weighted by molar-refractivity contribution is 9.10. The Morgan fingerprint density at radius 3 is 2.89 bits per heavy atom. The van der Waals surface area contributed by atoms with Crippen LogP contribution in [0, 0.1) is 5.92 Å². The number of aromatic nitrogens is 1. The minimum Gasteiger partial charge on any atom is -0.352 e. The van der Waals surface area contributed by atoms with Gasteiger partial charge in [0.1, 0.15) is 5.82 Å². The molecule has 2 aliphatic rings. The van der Waals surface area contributed by atoms with Gasteiger partial charge >= 0.3 is 0 Å². The van der Waals surface area contributed by atoms with Gasteiger partial charge in [0.05, 0.1) is 5.02 Å². The zero-order valence-electron chi connectivity index (χ0n) is 10.9. The van der Waals surface area contributed by atoms with Gasteiger partial charge in [-0.05, 0) is 66.7 Å². The molecule has 1 saturated carbocycles. The average molecular weight is 345 g/mol. The molecule has 104 valence electrons. The molecule has 1 atom stereocenters. The summed E-state index contributed by atoms with van der Waals surface area (Å²) in [6, 6.07) is 2.59. The molecule has 0 bridgehead atoms. The van der Waals surface area contributed by atoms with Crippen molar-refractivity contribution < 1.29 is 0 Å². The van der Waals surface area contributed by atoms with Crippen molar-refractivity contribution in [1.29, 1.82) is 0 Å². The van der Waals surface area contributed by atoms with E-state index in [4.69, 9.17) is 11.6 Å². The molecule has 5 heteroatoms. The van der Waals surface area contributed by atoms with Crippen molar-refractivity contribution in [3.63, 3.8) is 0 Å². The van der Waals surface area contributed by atoms with Gasteiger partial charge in [-0.3, -0.25) is 0 Å². The lowest BCUT2D eigenvalue weighted by Gasteiger charge is -2.31. The summed E-state index contributed by atoms with van der Waals surface area (Å²) in [5.74, 6) is 1.67. The zero-order valence-corrected chi connectivity index (χ0v) is 13.3. The monoisotopic (exact) mass is 343 g/mol. The summed E-state index contributed by atoms with van der Waals surface area (Å²) in [6.07, 6.45) is 6.98. The Bertz CT molecular complexity index is 444. The van der Waals surface area contributed by atoms with Gasteiger partial charge in [0.15, 0.2) is 0 Å². The highest BCUT2D eigenvalue weighted by atomic mass is 79.9. The van der Waals surface area contributed by atoms with E-state index >= 15 is 0 Å². The van der Waals surface area contributed by atoms with Crippen molar-refractivity contribution in [3.05, 3.63) is 21.8 Å². The van der Waals surface area contributed by atoms with Gasteiger partial charge in [-0.2, -0.15) is 0 Å². The molecule has 2 heterocycles. The maximum Gasteiger partial charge on any atom is 0.147 e. The van der Waals surface area contributed by atoms with E-state index < -0.39 is 0 Å². The molecule has 1 aliphatic heterocycles. The number of anilines is 1. The number of halogens is 2. The molecular weight excluding hydrogens is 326 g/mol. The fourth-order valence-electron chi connectivity index (χ4n) is 2.77. The summed E-state index contributed by atoms with van der Waals surface area (Å²) in [4.78, 5) is 6.95. The maximum absolute atomic E-state index is 6.36. The van der Waals surface area contributed by atoms with Crippen molar-refractivity contribution in [3.8, 4) is 0 Å². The molecule has 1 aromatic rings. The number of nitrogens with one attached hydrogen (secondary N) is 1. The van der Waals surface area contributed by atoms with E-state index in [1.165, 1.54) is 25.7 Å². The standard InChI is InChI=1S/C14H19BrClN3/c15-11-6-13(16)14(18-8-11)19(12-3-4-12)9-10-2-1-5-17-7-10/h6,8,10,12,17H,1-5,7,9H2.